The van der Waals surface area contributed by atoms with Crippen molar-refractivity contribution in [3.05, 3.63) is 95.1 Å². The fraction of sp³-hybridized carbons (Fsp3) is 0.321. The molecule has 0 N–H and O–H groups in total. The Morgan fingerprint density at radius 3 is 2.36 bits per heavy atom. The van der Waals surface area contributed by atoms with Crippen molar-refractivity contribution in [2.75, 3.05) is 6.61 Å². The monoisotopic (exact) mass is 618 g/mol. The largest absolute Gasteiger partial charge is 0.737 e. The molecule has 0 unspecified atom stereocenters. The molecule has 2 aliphatic rings. The summed E-state index contributed by atoms with van der Waals surface area (Å²) in [5.41, 5.74) is 8.19. The Kier molecular flexibility index (Phi) is 6.89. The lowest BCUT2D eigenvalue weighted by molar-refractivity contribution is -0.365. The summed E-state index contributed by atoms with van der Waals surface area (Å²) in [5, 5.41) is 2.00. The number of fused-ring (bicyclic) bond motifs is 2. The van der Waals surface area contributed by atoms with Crippen molar-refractivity contribution in [2.45, 2.75) is 54.1 Å². The van der Waals surface area contributed by atoms with Crippen molar-refractivity contribution in [3.8, 4) is 0 Å². The predicted molar refractivity (Wildman–Crippen MR) is 154 cm³/mol. The van der Waals surface area contributed by atoms with Crippen molar-refractivity contribution in [3.63, 3.8) is 0 Å². The Bertz CT molecular complexity index is 1430. The minimum atomic E-state index is -4.10. The van der Waals surface area contributed by atoms with Gasteiger partial charge in [0.2, 0.25) is 0 Å². The van der Waals surface area contributed by atoms with E-state index >= 15 is 8.63 Å². The van der Waals surface area contributed by atoms with Gasteiger partial charge in [-0.2, -0.15) is 0 Å². The molecular weight excluding hydrogens is 588 g/mol. The number of aromatic nitrogens is 1. The summed E-state index contributed by atoms with van der Waals surface area (Å²) in [7, 11) is 0. The van der Waals surface area contributed by atoms with E-state index in [-0.39, 0.29) is 6.61 Å². The average Bonchev–Trinajstić information content (AvgIpc) is 3.52. The third-order valence-electron chi connectivity index (χ3n) is 7.53. The maximum atomic E-state index is 16.7. The summed E-state index contributed by atoms with van der Waals surface area (Å²) in [4.78, 5) is 1.09. The summed E-state index contributed by atoms with van der Waals surface area (Å²) in [6, 6.07) is 12.2. The van der Waals surface area contributed by atoms with Gasteiger partial charge in [-0.15, -0.1) is 11.3 Å². The van der Waals surface area contributed by atoms with Crippen LogP contribution in [0.1, 0.15) is 60.1 Å². The predicted octanol–water partition coefficient (Wildman–Crippen LogP) is 7.74. The van der Waals surface area contributed by atoms with Crippen LogP contribution in [0.15, 0.2) is 58.6 Å². The van der Waals surface area contributed by atoms with Crippen LogP contribution in [0, 0.1) is 17.4 Å². The zero-order valence-electron chi connectivity index (χ0n) is 21.3. The quantitative estimate of drug-likeness (QED) is 0.196. The maximum Gasteiger partial charge on any atom is 0.737 e. The summed E-state index contributed by atoms with van der Waals surface area (Å²) in [6.45, 7) is 6.37. The first-order valence-electron chi connectivity index (χ1n) is 12.4. The number of allylic oxidation sites excluding steroid dienone is 1. The van der Waals surface area contributed by atoms with Gasteiger partial charge in [0.1, 0.15) is 6.61 Å². The first-order chi connectivity index (χ1) is 17.2. The smallest absolute Gasteiger partial charge is 0.393 e. The van der Waals surface area contributed by atoms with Gasteiger partial charge in [0.15, 0.2) is 11.4 Å². The molecule has 8 heteroatoms. The fourth-order valence-electron chi connectivity index (χ4n) is 5.98. The van der Waals surface area contributed by atoms with E-state index in [1.165, 1.54) is 8.96 Å². The number of hydrogen-bond donors (Lipinski definition) is 0. The number of ether oxygens (including phenoxy) is 1. The maximum absolute atomic E-state index is 16.7. The Hall–Kier alpha value is -2.04. The molecule has 3 aromatic rings. The van der Waals surface area contributed by atoms with Gasteiger partial charge in [-0.3, -0.25) is 0 Å². The molecule has 3 nitrogen and oxygen atoms in total. The summed E-state index contributed by atoms with van der Waals surface area (Å²) >= 11 is 3.90. The highest BCUT2D eigenvalue weighted by Crippen LogP contribution is 2.47. The van der Waals surface area contributed by atoms with E-state index in [4.69, 9.17) is 4.74 Å². The molecule has 0 bridgehead atoms. The molecule has 36 heavy (non-hydrogen) atoms. The normalized spacial score (nSPS) is 16.8. The second-order valence-electron chi connectivity index (χ2n) is 9.43. The van der Waals surface area contributed by atoms with Crippen molar-refractivity contribution >= 4 is 52.2 Å². The molecule has 4 heterocycles. The first kappa shape index (κ1) is 25.6. The van der Waals surface area contributed by atoms with Gasteiger partial charge in [-0.05, 0) is 102 Å². The standard InChI is InChI=1S/C28H30BF2IN2OS/c1-6-23-17(3)27-26(20-10-12-21(32)13-11-20)28-18(4)24(7-2)25(16-35-15-22-9-8-14-36-22)34(28)29(30,31)33(27)19(23)5/h8-14H,6-7,15-16H2,1-5H3. The van der Waals surface area contributed by atoms with E-state index in [2.05, 4.69) is 34.7 Å². The van der Waals surface area contributed by atoms with E-state index in [1.54, 1.807) is 11.3 Å². The molecule has 0 saturated carbocycles. The molecule has 5 rings (SSSR count). The lowest BCUT2D eigenvalue weighted by Crippen LogP contribution is -2.52. The minimum absolute atomic E-state index is 0.147. The SMILES string of the molecule is CCC1=C(C)C2=C(c3ccc(I)cc3)c3c(C)c(CC)c(C)n3[B-](F)(F)[N+]2=C1COCc1cccs1. The van der Waals surface area contributed by atoms with Crippen LogP contribution in [0.4, 0.5) is 8.63 Å². The third-order valence-corrected chi connectivity index (χ3v) is 9.10. The number of nitrogens with zero attached hydrogens (tertiary/aromatic N) is 2. The van der Waals surface area contributed by atoms with Gasteiger partial charge in [0.05, 0.1) is 12.2 Å². The topological polar surface area (TPSA) is 17.2 Å². The van der Waals surface area contributed by atoms with Crippen LogP contribution in [0.2, 0.25) is 0 Å². The molecule has 0 radical (unpaired) electrons. The molecule has 0 aliphatic carbocycles. The Morgan fingerprint density at radius 2 is 1.75 bits per heavy atom. The Balaban J connectivity index is 1.79. The van der Waals surface area contributed by atoms with Gasteiger partial charge in [-0.25, -0.2) is 0 Å². The Morgan fingerprint density at radius 1 is 1.03 bits per heavy atom. The van der Waals surface area contributed by atoms with E-state index < -0.39 is 6.97 Å². The zero-order valence-corrected chi connectivity index (χ0v) is 24.3. The van der Waals surface area contributed by atoms with Crippen molar-refractivity contribution < 1.29 is 17.9 Å². The molecule has 1 aromatic carbocycles. The van der Waals surface area contributed by atoms with E-state index in [1.807, 2.05) is 64.3 Å². The van der Waals surface area contributed by atoms with Crippen LogP contribution in [0.25, 0.3) is 5.57 Å². The molecule has 0 atom stereocenters. The highest BCUT2D eigenvalue weighted by atomic mass is 127. The first-order valence-corrected chi connectivity index (χ1v) is 14.4. The van der Waals surface area contributed by atoms with Crippen LogP contribution < -0.4 is 0 Å². The molecule has 0 amide bonds. The van der Waals surface area contributed by atoms with Gasteiger partial charge < -0.3 is 22.3 Å². The van der Waals surface area contributed by atoms with Gasteiger partial charge in [0.25, 0.3) is 0 Å². The van der Waals surface area contributed by atoms with Crippen LogP contribution in [-0.4, -0.2) is 28.3 Å². The number of hydrogen-bond acceptors (Lipinski definition) is 2. The summed E-state index contributed by atoms with van der Waals surface area (Å²) < 4.78 is 43.3. The zero-order chi connectivity index (χ0) is 25.8. The lowest BCUT2D eigenvalue weighted by atomic mass is 9.83. The van der Waals surface area contributed by atoms with Gasteiger partial charge in [-0.1, -0.05) is 32.0 Å². The highest BCUT2D eigenvalue weighted by molar-refractivity contribution is 14.1. The van der Waals surface area contributed by atoms with Crippen molar-refractivity contribution in [1.82, 2.24) is 4.48 Å². The summed E-state index contributed by atoms with van der Waals surface area (Å²) in [6.07, 6.45) is 1.39. The number of rotatable bonds is 7. The van der Waals surface area contributed by atoms with Gasteiger partial charge >= 0.3 is 6.97 Å². The van der Waals surface area contributed by atoms with Crippen LogP contribution in [0.5, 0.6) is 0 Å². The Labute approximate surface area is 229 Å². The van der Waals surface area contributed by atoms with Crippen molar-refractivity contribution in [1.29, 1.82) is 0 Å². The number of thiophene rings is 1. The fourth-order valence-corrected chi connectivity index (χ4v) is 6.98. The van der Waals surface area contributed by atoms with Crippen LogP contribution in [0.3, 0.4) is 0 Å². The number of benzene rings is 1. The highest BCUT2D eigenvalue weighted by Gasteiger charge is 2.57. The molecule has 2 aliphatic heterocycles. The molecule has 0 spiro atoms. The van der Waals surface area contributed by atoms with Crippen LogP contribution >= 0.6 is 33.9 Å². The average molecular weight is 618 g/mol. The minimum Gasteiger partial charge on any atom is -0.393 e. The molecule has 0 saturated heterocycles. The van der Waals surface area contributed by atoms with E-state index in [0.29, 0.717) is 42.2 Å². The summed E-state index contributed by atoms with van der Waals surface area (Å²) in [5.74, 6) is 0. The van der Waals surface area contributed by atoms with E-state index in [0.717, 1.165) is 41.9 Å². The molecule has 0 fully saturated rings. The number of halogens is 3. The lowest BCUT2D eigenvalue weighted by Gasteiger charge is -2.34. The second-order valence-corrected chi connectivity index (χ2v) is 11.7. The molecular formula is C28H30BF2IN2OS. The third kappa shape index (κ3) is 3.87. The molecule has 188 valence electrons. The second kappa shape index (κ2) is 9.69. The van der Waals surface area contributed by atoms with Gasteiger partial charge in [0, 0.05) is 25.3 Å². The van der Waals surface area contributed by atoms with Crippen LogP contribution in [-0.2, 0) is 17.8 Å². The molecule has 2 aromatic heterocycles. The van der Waals surface area contributed by atoms with Crippen molar-refractivity contribution in [2.24, 2.45) is 0 Å². The van der Waals surface area contributed by atoms with E-state index in [9.17, 15) is 0 Å².